The van der Waals surface area contributed by atoms with Gasteiger partial charge in [0.1, 0.15) is 4.99 Å². The van der Waals surface area contributed by atoms with E-state index in [4.69, 9.17) is 18.0 Å². The number of carbonyl (C=O) groups is 1. The largest absolute Gasteiger partial charge is 0.389 e. The fourth-order valence-electron chi connectivity index (χ4n) is 5.87. The van der Waals surface area contributed by atoms with Gasteiger partial charge in [0.05, 0.1) is 24.2 Å². The summed E-state index contributed by atoms with van der Waals surface area (Å²) in [5, 5.41) is 4.13. The molecule has 1 saturated heterocycles. The normalized spacial score (nSPS) is 14.7. The lowest BCUT2D eigenvalue weighted by Gasteiger charge is -2.32. The van der Waals surface area contributed by atoms with Crippen LogP contribution in [0.3, 0.4) is 0 Å². The zero-order valence-electron chi connectivity index (χ0n) is 24.8. The Balaban J connectivity index is 1.40. The molecule has 4 aromatic rings. The Morgan fingerprint density at radius 3 is 2.60 bits per heavy atom. The summed E-state index contributed by atoms with van der Waals surface area (Å²) in [4.78, 5) is 17.4. The van der Waals surface area contributed by atoms with Crippen LogP contribution in [0.5, 0.6) is 0 Å². The van der Waals surface area contributed by atoms with Crippen molar-refractivity contribution in [2.24, 2.45) is 5.73 Å². The van der Waals surface area contributed by atoms with Crippen LogP contribution in [0.4, 0.5) is 0 Å². The molecule has 5 rings (SSSR count). The average Bonchev–Trinajstić information content (AvgIpc) is 3.60. The first-order valence-corrected chi connectivity index (χ1v) is 17.0. The van der Waals surface area contributed by atoms with Gasteiger partial charge in [0.25, 0.3) is 0 Å². The molecule has 0 radical (unpaired) electrons. The fourth-order valence-corrected chi connectivity index (χ4v) is 7.54. The van der Waals surface area contributed by atoms with Crippen molar-refractivity contribution in [3.8, 4) is 11.1 Å². The number of sulfonamides is 1. The van der Waals surface area contributed by atoms with Gasteiger partial charge in [0, 0.05) is 66.6 Å². The summed E-state index contributed by atoms with van der Waals surface area (Å²) in [6, 6.07) is 14.4. The molecular weight excluding hydrogens is 581 g/mol. The van der Waals surface area contributed by atoms with Crippen molar-refractivity contribution in [3.05, 3.63) is 78.0 Å². The second kappa shape index (κ2) is 13.4. The number of piperidine rings is 1. The quantitative estimate of drug-likeness (QED) is 0.220. The van der Waals surface area contributed by atoms with Gasteiger partial charge in [0.15, 0.2) is 0 Å². The van der Waals surface area contributed by atoms with E-state index in [2.05, 4.69) is 46.2 Å². The molecule has 0 aliphatic carbocycles. The van der Waals surface area contributed by atoms with Crippen LogP contribution in [0.1, 0.15) is 62.4 Å². The van der Waals surface area contributed by atoms with E-state index in [0.717, 1.165) is 64.7 Å². The van der Waals surface area contributed by atoms with Crippen molar-refractivity contribution in [1.29, 1.82) is 0 Å². The maximum absolute atomic E-state index is 12.7. The molecule has 228 valence electrons. The molecule has 9 nitrogen and oxygen atoms in total. The Kier molecular flexibility index (Phi) is 9.63. The Bertz CT molecular complexity index is 1720. The van der Waals surface area contributed by atoms with E-state index in [1.807, 2.05) is 42.0 Å². The van der Waals surface area contributed by atoms with Gasteiger partial charge in [-0.05, 0) is 48.9 Å². The van der Waals surface area contributed by atoms with E-state index < -0.39 is 10.0 Å². The number of thiocarbonyl (C=S) groups is 1. The second-order valence-corrected chi connectivity index (χ2v) is 13.8. The molecule has 11 heteroatoms. The minimum absolute atomic E-state index is 0.0758. The van der Waals surface area contributed by atoms with Gasteiger partial charge in [-0.2, -0.15) is 0 Å². The van der Waals surface area contributed by atoms with Crippen molar-refractivity contribution in [3.63, 3.8) is 0 Å². The minimum atomic E-state index is -3.22. The number of fused-ring (bicyclic) bond motifs is 1. The molecular formula is C32H40N6O3S2. The third-order valence-corrected chi connectivity index (χ3v) is 10.3. The Morgan fingerprint density at radius 2 is 1.88 bits per heavy atom. The summed E-state index contributed by atoms with van der Waals surface area (Å²) < 4.78 is 31.3. The summed E-state index contributed by atoms with van der Waals surface area (Å²) in [6.07, 6.45) is 9.17. The SMILES string of the molecule is CCCn1cnc(CC(=O)NCc2ccc3c(-c4cccc(C(N)=S)c4)cn(C4CCN(S(=O)(=O)CCC)CC4)c3c2)c1. The first kappa shape index (κ1) is 30.9. The highest BCUT2D eigenvalue weighted by Gasteiger charge is 2.29. The lowest BCUT2D eigenvalue weighted by atomic mass is 10.0. The van der Waals surface area contributed by atoms with E-state index in [1.54, 1.807) is 10.6 Å². The van der Waals surface area contributed by atoms with Crippen LogP contribution in [0.15, 0.2) is 61.2 Å². The molecule has 43 heavy (non-hydrogen) atoms. The summed E-state index contributed by atoms with van der Waals surface area (Å²) in [5.41, 5.74) is 11.6. The summed E-state index contributed by atoms with van der Waals surface area (Å²) >= 11 is 5.24. The smallest absolute Gasteiger partial charge is 0.226 e. The van der Waals surface area contributed by atoms with Gasteiger partial charge in [0.2, 0.25) is 15.9 Å². The van der Waals surface area contributed by atoms with Crippen LogP contribution in [-0.4, -0.2) is 56.6 Å². The molecule has 1 fully saturated rings. The number of rotatable bonds is 12. The number of nitrogens with two attached hydrogens (primary N) is 1. The minimum Gasteiger partial charge on any atom is -0.389 e. The van der Waals surface area contributed by atoms with Crippen LogP contribution in [0.25, 0.3) is 22.0 Å². The highest BCUT2D eigenvalue weighted by Crippen LogP contribution is 2.36. The van der Waals surface area contributed by atoms with Crippen LogP contribution < -0.4 is 11.1 Å². The van der Waals surface area contributed by atoms with Crippen LogP contribution >= 0.6 is 12.2 Å². The molecule has 0 atom stereocenters. The summed E-state index contributed by atoms with van der Waals surface area (Å²) in [6.45, 7) is 6.29. The number of nitrogens with zero attached hydrogens (tertiary/aromatic N) is 4. The van der Waals surface area contributed by atoms with Gasteiger partial charge in [-0.25, -0.2) is 17.7 Å². The van der Waals surface area contributed by atoms with E-state index in [-0.39, 0.29) is 24.1 Å². The second-order valence-electron chi connectivity index (χ2n) is 11.2. The van der Waals surface area contributed by atoms with E-state index in [9.17, 15) is 13.2 Å². The molecule has 1 amide bonds. The number of hydrogen-bond acceptors (Lipinski definition) is 5. The Labute approximate surface area is 259 Å². The zero-order valence-corrected chi connectivity index (χ0v) is 26.5. The maximum Gasteiger partial charge on any atom is 0.226 e. The highest BCUT2D eigenvalue weighted by atomic mass is 32.2. The third kappa shape index (κ3) is 7.17. The maximum atomic E-state index is 12.7. The predicted octanol–water partition coefficient (Wildman–Crippen LogP) is 4.78. The van der Waals surface area contributed by atoms with Crippen LogP contribution in [-0.2, 0) is 34.3 Å². The molecule has 0 saturated carbocycles. The van der Waals surface area contributed by atoms with Crippen molar-refractivity contribution < 1.29 is 13.2 Å². The zero-order chi connectivity index (χ0) is 30.6. The summed E-state index contributed by atoms with van der Waals surface area (Å²) in [5.74, 6) is 0.108. The number of carbonyl (C=O) groups excluding carboxylic acids is 1. The standard InChI is InChI=1S/C32H40N6O3S2/c1-3-12-36-20-26(35-22-36)18-31(39)34-19-23-8-9-28-29(24-6-5-7-25(17-24)32(33)42)21-38(30(28)16-23)27-10-13-37(14-11-27)43(40,41)15-4-2/h5-9,16-17,20-22,27H,3-4,10-15,18-19H2,1-2H3,(H2,33,42)(H,34,39). The van der Waals surface area contributed by atoms with Crippen molar-refractivity contribution in [2.75, 3.05) is 18.8 Å². The number of benzene rings is 2. The van der Waals surface area contributed by atoms with Crippen molar-refractivity contribution >= 4 is 44.0 Å². The van der Waals surface area contributed by atoms with Gasteiger partial charge < -0.3 is 20.2 Å². The van der Waals surface area contributed by atoms with E-state index in [0.29, 0.717) is 31.0 Å². The van der Waals surface area contributed by atoms with E-state index in [1.165, 1.54) is 0 Å². The first-order valence-electron chi connectivity index (χ1n) is 15.0. The molecule has 2 aromatic heterocycles. The van der Waals surface area contributed by atoms with Gasteiger partial charge in [-0.15, -0.1) is 0 Å². The Morgan fingerprint density at radius 1 is 1.09 bits per heavy atom. The lowest BCUT2D eigenvalue weighted by Crippen LogP contribution is -2.40. The topological polar surface area (TPSA) is 115 Å². The molecule has 0 unspecified atom stereocenters. The first-order chi connectivity index (χ1) is 20.7. The highest BCUT2D eigenvalue weighted by molar-refractivity contribution is 7.89. The van der Waals surface area contributed by atoms with Gasteiger partial charge in [-0.3, -0.25) is 4.79 Å². The number of aromatic nitrogens is 3. The molecule has 2 aromatic carbocycles. The molecule has 0 spiro atoms. The number of hydrogen-bond donors (Lipinski definition) is 2. The molecule has 0 bridgehead atoms. The van der Waals surface area contributed by atoms with Gasteiger partial charge in [-0.1, -0.05) is 56.4 Å². The summed E-state index contributed by atoms with van der Waals surface area (Å²) in [7, 11) is -3.22. The van der Waals surface area contributed by atoms with Crippen LogP contribution in [0.2, 0.25) is 0 Å². The van der Waals surface area contributed by atoms with Crippen molar-refractivity contribution in [2.45, 2.75) is 65.1 Å². The predicted molar refractivity (Wildman–Crippen MR) is 175 cm³/mol. The number of aryl methyl sites for hydroxylation is 1. The number of imidazole rings is 1. The fraction of sp³-hybridized carbons (Fsp3) is 0.406. The van der Waals surface area contributed by atoms with E-state index >= 15 is 0 Å². The molecule has 1 aliphatic heterocycles. The third-order valence-electron chi connectivity index (χ3n) is 8.03. The molecule has 1 aliphatic rings. The lowest BCUT2D eigenvalue weighted by molar-refractivity contribution is -0.120. The number of nitrogens with one attached hydrogen (secondary N) is 1. The average molecular weight is 621 g/mol. The number of amides is 1. The van der Waals surface area contributed by atoms with Gasteiger partial charge >= 0.3 is 0 Å². The monoisotopic (exact) mass is 620 g/mol. The molecule has 3 N–H and O–H groups in total. The Hall–Kier alpha value is -3.54. The van der Waals surface area contributed by atoms with Crippen LogP contribution in [0, 0.1) is 0 Å². The van der Waals surface area contributed by atoms with Crippen molar-refractivity contribution in [1.82, 2.24) is 23.7 Å². The molecule has 3 heterocycles.